The summed E-state index contributed by atoms with van der Waals surface area (Å²) >= 11 is 0. The number of nitrogens with zero attached hydrogens (tertiary/aromatic N) is 1. The quantitative estimate of drug-likeness (QED) is 0.712. The van der Waals surface area contributed by atoms with Gasteiger partial charge in [-0.1, -0.05) is 13.8 Å². The zero-order chi connectivity index (χ0) is 13.8. The second-order valence-corrected chi connectivity index (χ2v) is 5.28. The maximum Gasteiger partial charge on any atom is 0.237 e. The molecule has 106 valence electrons. The Labute approximate surface area is 113 Å². The molecule has 0 saturated heterocycles. The van der Waals surface area contributed by atoms with Crippen molar-refractivity contribution in [2.24, 2.45) is 5.92 Å². The summed E-state index contributed by atoms with van der Waals surface area (Å²) in [4.78, 5) is 19.6. The van der Waals surface area contributed by atoms with E-state index in [1.165, 1.54) is 0 Å². The molecule has 0 spiro atoms. The molecule has 6 heteroatoms. The summed E-state index contributed by atoms with van der Waals surface area (Å²) in [5.74, 6) is 0.359. The Morgan fingerprint density at radius 2 is 2.42 bits per heavy atom. The van der Waals surface area contributed by atoms with Gasteiger partial charge in [-0.3, -0.25) is 10.1 Å². The van der Waals surface area contributed by atoms with E-state index in [1.54, 1.807) is 13.4 Å². The van der Waals surface area contributed by atoms with Crippen molar-refractivity contribution in [2.75, 3.05) is 13.7 Å². The first-order valence-electron chi connectivity index (χ1n) is 6.65. The molecule has 0 saturated carbocycles. The molecule has 6 nitrogen and oxygen atoms in total. The zero-order valence-electron chi connectivity index (χ0n) is 11.7. The highest BCUT2D eigenvalue weighted by atomic mass is 16.5. The standard InChI is InChI=1S/C13H22N4O2/c1-8(2)12(6-19-3)17-13(18)10-4-9-11(5-14-10)16-7-15-9/h7-8,10,12,14H,4-6H2,1-3H3,(H,15,16)(H,17,18). The fourth-order valence-electron chi connectivity index (χ4n) is 2.22. The van der Waals surface area contributed by atoms with Crippen molar-refractivity contribution in [1.82, 2.24) is 20.6 Å². The molecule has 0 fully saturated rings. The molecule has 1 aromatic rings. The summed E-state index contributed by atoms with van der Waals surface area (Å²) in [7, 11) is 1.65. The van der Waals surface area contributed by atoms with Gasteiger partial charge in [-0.25, -0.2) is 4.98 Å². The molecule has 0 bridgehead atoms. The minimum absolute atomic E-state index is 0.0180. The largest absolute Gasteiger partial charge is 0.383 e. The Morgan fingerprint density at radius 1 is 1.63 bits per heavy atom. The number of imidazole rings is 1. The molecule has 2 rings (SSSR count). The minimum Gasteiger partial charge on any atom is -0.383 e. The van der Waals surface area contributed by atoms with Gasteiger partial charge in [0.2, 0.25) is 5.91 Å². The summed E-state index contributed by atoms with van der Waals surface area (Å²) < 4.78 is 5.14. The molecular formula is C13H22N4O2. The SMILES string of the molecule is COCC(NC(=O)C1Cc2nc[nH]c2CN1)C(C)C. The van der Waals surface area contributed by atoms with Crippen LogP contribution in [0.1, 0.15) is 25.2 Å². The van der Waals surface area contributed by atoms with Crippen molar-refractivity contribution >= 4 is 5.91 Å². The Hall–Kier alpha value is -1.40. The van der Waals surface area contributed by atoms with E-state index in [-0.39, 0.29) is 18.0 Å². The summed E-state index contributed by atoms with van der Waals surface area (Å²) in [6, 6.07) is -0.172. The van der Waals surface area contributed by atoms with Crippen molar-refractivity contribution in [3.8, 4) is 0 Å². The number of H-pyrrole nitrogens is 1. The number of carbonyl (C=O) groups is 1. The molecule has 0 radical (unpaired) electrons. The molecule has 1 aromatic heterocycles. The Kier molecular flexibility index (Phi) is 4.55. The molecule has 19 heavy (non-hydrogen) atoms. The molecule has 0 aliphatic carbocycles. The summed E-state index contributed by atoms with van der Waals surface area (Å²) in [5.41, 5.74) is 2.05. The smallest absolute Gasteiger partial charge is 0.237 e. The highest BCUT2D eigenvalue weighted by Gasteiger charge is 2.27. The van der Waals surface area contributed by atoms with E-state index < -0.39 is 0 Å². The highest BCUT2D eigenvalue weighted by Crippen LogP contribution is 2.12. The summed E-state index contributed by atoms with van der Waals surface area (Å²) in [6.07, 6.45) is 2.30. The number of fused-ring (bicyclic) bond motifs is 1. The third-order valence-corrected chi connectivity index (χ3v) is 3.53. The van der Waals surface area contributed by atoms with Crippen LogP contribution in [-0.2, 0) is 22.5 Å². The first kappa shape index (κ1) is 14.0. The fourth-order valence-corrected chi connectivity index (χ4v) is 2.22. The number of carbonyl (C=O) groups excluding carboxylic acids is 1. The molecule has 2 atom stereocenters. The highest BCUT2D eigenvalue weighted by molar-refractivity contribution is 5.82. The van der Waals surface area contributed by atoms with Gasteiger partial charge in [-0.15, -0.1) is 0 Å². The van der Waals surface area contributed by atoms with Crippen molar-refractivity contribution in [3.63, 3.8) is 0 Å². The van der Waals surface area contributed by atoms with Crippen molar-refractivity contribution in [2.45, 2.75) is 38.9 Å². The topological polar surface area (TPSA) is 79.0 Å². The maximum atomic E-state index is 12.3. The van der Waals surface area contributed by atoms with Crippen LogP contribution in [0.5, 0.6) is 0 Å². The van der Waals surface area contributed by atoms with Gasteiger partial charge in [-0.05, 0) is 5.92 Å². The number of hydrogen-bond donors (Lipinski definition) is 3. The maximum absolute atomic E-state index is 12.3. The second-order valence-electron chi connectivity index (χ2n) is 5.28. The fraction of sp³-hybridized carbons (Fsp3) is 0.692. The Bertz CT molecular complexity index is 430. The van der Waals surface area contributed by atoms with Crippen LogP contribution >= 0.6 is 0 Å². The molecule has 2 unspecified atom stereocenters. The van der Waals surface area contributed by atoms with Crippen LogP contribution in [-0.4, -0.2) is 41.7 Å². The normalized spacial score (nSPS) is 20.1. The van der Waals surface area contributed by atoms with Gasteiger partial charge in [0.25, 0.3) is 0 Å². The lowest BCUT2D eigenvalue weighted by Crippen LogP contribution is -2.52. The van der Waals surface area contributed by atoms with Crippen molar-refractivity contribution in [1.29, 1.82) is 0 Å². The van der Waals surface area contributed by atoms with Gasteiger partial charge >= 0.3 is 0 Å². The zero-order valence-corrected chi connectivity index (χ0v) is 11.7. The number of nitrogens with one attached hydrogen (secondary N) is 3. The van der Waals surface area contributed by atoms with Crippen LogP contribution in [0.4, 0.5) is 0 Å². The molecule has 2 heterocycles. The third-order valence-electron chi connectivity index (χ3n) is 3.53. The molecular weight excluding hydrogens is 244 g/mol. The molecule has 1 amide bonds. The van der Waals surface area contributed by atoms with E-state index in [4.69, 9.17) is 4.74 Å². The number of hydrogen-bond acceptors (Lipinski definition) is 4. The van der Waals surface area contributed by atoms with Crippen molar-refractivity contribution in [3.05, 3.63) is 17.7 Å². The first-order chi connectivity index (χ1) is 9.11. The Morgan fingerprint density at radius 3 is 3.11 bits per heavy atom. The predicted molar refractivity (Wildman–Crippen MR) is 71.6 cm³/mol. The lowest BCUT2D eigenvalue weighted by Gasteiger charge is -2.27. The van der Waals surface area contributed by atoms with Crippen LogP contribution in [0.15, 0.2) is 6.33 Å². The molecule has 1 aliphatic rings. The van der Waals surface area contributed by atoms with E-state index in [1.807, 2.05) is 0 Å². The van der Waals surface area contributed by atoms with Gasteiger partial charge < -0.3 is 15.0 Å². The van der Waals surface area contributed by atoms with E-state index in [9.17, 15) is 4.79 Å². The first-order valence-corrected chi connectivity index (χ1v) is 6.65. The van der Waals surface area contributed by atoms with Crippen LogP contribution in [0.25, 0.3) is 0 Å². The van der Waals surface area contributed by atoms with Crippen LogP contribution in [0, 0.1) is 5.92 Å². The number of rotatable bonds is 5. The molecule has 3 N–H and O–H groups in total. The van der Waals surface area contributed by atoms with Crippen LogP contribution in [0.3, 0.4) is 0 Å². The van der Waals surface area contributed by atoms with E-state index in [0.29, 0.717) is 25.5 Å². The monoisotopic (exact) mass is 266 g/mol. The number of ether oxygens (including phenoxy) is 1. The van der Waals surface area contributed by atoms with E-state index >= 15 is 0 Å². The molecule has 0 aromatic carbocycles. The third kappa shape index (κ3) is 3.33. The minimum atomic E-state index is -0.214. The van der Waals surface area contributed by atoms with Crippen LogP contribution < -0.4 is 10.6 Å². The van der Waals surface area contributed by atoms with Crippen molar-refractivity contribution < 1.29 is 9.53 Å². The summed E-state index contributed by atoms with van der Waals surface area (Å²) in [5, 5.41) is 6.27. The number of methoxy groups -OCH3 is 1. The summed E-state index contributed by atoms with van der Waals surface area (Å²) in [6.45, 7) is 5.34. The second kappa shape index (κ2) is 6.16. The van der Waals surface area contributed by atoms with Gasteiger partial charge in [0, 0.05) is 20.1 Å². The predicted octanol–water partition coefficient (Wildman–Crippen LogP) is 0.211. The lowest BCUT2D eigenvalue weighted by atomic mass is 10.0. The lowest BCUT2D eigenvalue weighted by molar-refractivity contribution is -0.124. The number of aromatic nitrogens is 2. The van der Waals surface area contributed by atoms with Gasteiger partial charge in [0.05, 0.1) is 36.4 Å². The molecule has 1 aliphatic heterocycles. The van der Waals surface area contributed by atoms with Gasteiger partial charge in [0.15, 0.2) is 0 Å². The van der Waals surface area contributed by atoms with E-state index in [2.05, 4.69) is 34.4 Å². The van der Waals surface area contributed by atoms with Crippen LogP contribution in [0.2, 0.25) is 0 Å². The Balaban J connectivity index is 1.93. The average Bonchev–Trinajstić information content (AvgIpc) is 2.85. The number of aromatic amines is 1. The number of amides is 1. The van der Waals surface area contributed by atoms with Gasteiger partial charge in [-0.2, -0.15) is 0 Å². The average molecular weight is 266 g/mol. The van der Waals surface area contributed by atoms with E-state index in [0.717, 1.165) is 11.4 Å². The van der Waals surface area contributed by atoms with Gasteiger partial charge in [0.1, 0.15) is 0 Å².